The summed E-state index contributed by atoms with van der Waals surface area (Å²) in [6.45, 7) is 0.840. The molecule has 0 aliphatic rings. The Hall–Kier alpha value is -0.940. The highest BCUT2D eigenvalue weighted by Gasteiger charge is 1.99. The Labute approximate surface area is 74.6 Å². The molecule has 1 aromatic heterocycles. The Morgan fingerprint density at radius 2 is 2.67 bits per heavy atom. The van der Waals surface area contributed by atoms with Crippen molar-refractivity contribution in [3.8, 4) is 0 Å². The van der Waals surface area contributed by atoms with Gasteiger partial charge in [-0.3, -0.25) is 4.79 Å². The predicted octanol–water partition coefficient (Wildman–Crippen LogP) is 0.406. The van der Waals surface area contributed by atoms with Crippen LogP contribution in [0.5, 0.6) is 0 Å². The summed E-state index contributed by atoms with van der Waals surface area (Å²) >= 11 is 1.54. The van der Waals surface area contributed by atoms with Crippen molar-refractivity contribution in [3.05, 3.63) is 16.6 Å². The van der Waals surface area contributed by atoms with E-state index in [-0.39, 0.29) is 12.5 Å². The summed E-state index contributed by atoms with van der Waals surface area (Å²) < 4.78 is 4.45. The first-order chi connectivity index (χ1) is 5.83. The zero-order valence-corrected chi connectivity index (χ0v) is 7.56. The molecule has 1 rings (SSSR count). The summed E-state index contributed by atoms with van der Waals surface area (Å²) in [4.78, 5) is 14.7. The highest BCUT2D eigenvalue weighted by Crippen LogP contribution is 1.99. The monoisotopic (exact) mass is 186 g/mol. The van der Waals surface area contributed by atoms with Crippen LogP contribution in [0.25, 0.3) is 0 Å². The van der Waals surface area contributed by atoms with Crippen LogP contribution in [0.1, 0.15) is 5.69 Å². The molecule has 0 saturated heterocycles. The first-order valence-electron chi connectivity index (χ1n) is 3.47. The van der Waals surface area contributed by atoms with E-state index >= 15 is 0 Å². The van der Waals surface area contributed by atoms with Crippen molar-refractivity contribution in [2.24, 2.45) is 0 Å². The van der Waals surface area contributed by atoms with Crippen LogP contribution < -0.4 is 5.32 Å². The maximum absolute atomic E-state index is 10.6. The first-order valence-corrected chi connectivity index (χ1v) is 4.42. The number of carbonyl (C=O) groups excluding carboxylic acids is 1. The van der Waals surface area contributed by atoms with Gasteiger partial charge in [-0.2, -0.15) is 0 Å². The molecule has 0 spiro atoms. The van der Waals surface area contributed by atoms with Gasteiger partial charge in [0.1, 0.15) is 0 Å². The van der Waals surface area contributed by atoms with E-state index in [9.17, 15) is 4.79 Å². The van der Waals surface area contributed by atoms with Crippen LogP contribution in [0.4, 0.5) is 0 Å². The third kappa shape index (κ3) is 2.98. The molecule has 0 radical (unpaired) electrons. The summed E-state index contributed by atoms with van der Waals surface area (Å²) in [6.07, 6.45) is 0. The van der Waals surface area contributed by atoms with Gasteiger partial charge in [0.25, 0.3) is 0 Å². The highest BCUT2D eigenvalue weighted by atomic mass is 32.1. The third-order valence-electron chi connectivity index (χ3n) is 1.29. The number of methoxy groups -OCH3 is 1. The van der Waals surface area contributed by atoms with Crippen molar-refractivity contribution in [2.75, 3.05) is 13.7 Å². The van der Waals surface area contributed by atoms with Crippen LogP contribution in [-0.4, -0.2) is 24.6 Å². The Morgan fingerprint density at radius 3 is 3.25 bits per heavy atom. The number of rotatable bonds is 4. The Morgan fingerprint density at radius 1 is 1.83 bits per heavy atom. The lowest BCUT2D eigenvalue weighted by Gasteiger charge is -1.99. The molecule has 0 fully saturated rings. The van der Waals surface area contributed by atoms with Crippen LogP contribution in [0.3, 0.4) is 0 Å². The fraction of sp³-hybridized carbons (Fsp3) is 0.429. The fourth-order valence-electron chi connectivity index (χ4n) is 0.690. The van der Waals surface area contributed by atoms with Gasteiger partial charge in [-0.1, -0.05) is 0 Å². The standard InChI is InChI=1S/C7H10N2O2S/c1-11-7(10)3-8-2-6-4-12-5-9-6/h4-5,8H,2-3H2,1H3. The minimum Gasteiger partial charge on any atom is -0.468 e. The molecule has 1 aromatic rings. The van der Waals surface area contributed by atoms with Crippen LogP contribution in [0, 0.1) is 0 Å². The van der Waals surface area contributed by atoms with Gasteiger partial charge in [0.15, 0.2) is 0 Å². The van der Waals surface area contributed by atoms with E-state index in [0.717, 1.165) is 5.69 Å². The van der Waals surface area contributed by atoms with Gasteiger partial charge >= 0.3 is 5.97 Å². The zero-order valence-electron chi connectivity index (χ0n) is 6.74. The van der Waals surface area contributed by atoms with E-state index in [4.69, 9.17) is 0 Å². The van der Waals surface area contributed by atoms with E-state index in [1.165, 1.54) is 18.4 Å². The second kappa shape index (κ2) is 4.84. The molecule has 0 aliphatic carbocycles. The van der Waals surface area contributed by atoms with Gasteiger partial charge in [-0.15, -0.1) is 11.3 Å². The van der Waals surface area contributed by atoms with E-state index in [0.29, 0.717) is 6.54 Å². The normalized spacial score (nSPS) is 9.75. The molecule has 12 heavy (non-hydrogen) atoms. The molecule has 0 amide bonds. The lowest BCUT2D eigenvalue weighted by Crippen LogP contribution is -2.23. The van der Waals surface area contributed by atoms with Crippen molar-refractivity contribution in [3.63, 3.8) is 0 Å². The molecule has 4 nitrogen and oxygen atoms in total. The molecular weight excluding hydrogens is 176 g/mol. The number of thiazole rings is 1. The van der Waals surface area contributed by atoms with Crippen LogP contribution in [0.2, 0.25) is 0 Å². The molecule has 0 atom stereocenters. The molecule has 0 unspecified atom stereocenters. The average molecular weight is 186 g/mol. The molecule has 1 heterocycles. The topological polar surface area (TPSA) is 51.2 Å². The summed E-state index contributed by atoms with van der Waals surface area (Å²) in [5.41, 5.74) is 2.71. The Bertz CT molecular complexity index is 236. The van der Waals surface area contributed by atoms with Crippen molar-refractivity contribution < 1.29 is 9.53 Å². The molecule has 66 valence electrons. The zero-order chi connectivity index (χ0) is 8.81. The summed E-state index contributed by atoms with van der Waals surface area (Å²) in [6, 6.07) is 0. The summed E-state index contributed by atoms with van der Waals surface area (Å²) in [7, 11) is 1.37. The van der Waals surface area contributed by atoms with Crippen LogP contribution in [-0.2, 0) is 16.1 Å². The predicted molar refractivity (Wildman–Crippen MR) is 45.8 cm³/mol. The van der Waals surface area contributed by atoms with Crippen molar-refractivity contribution in [2.45, 2.75) is 6.54 Å². The lowest BCUT2D eigenvalue weighted by atomic mass is 10.5. The van der Waals surface area contributed by atoms with Gasteiger partial charge in [0, 0.05) is 11.9 Å². The molecule has 5 heteroatoms. The van der Waals surface area contributed by atoms with Gasteiger partial charge in [0.05, 0.1) is 24.9 Å². The number of nitrogens with one attached hydrogen (secondary N) is 1. The SMILES string of the molecule is COC(=O)CNCc1cscn1. The number of esters is 1. The Kier molecular flexibility index (Phi) is 3.69. The van der Waals surface area contributed by atoms with Crippen molar-refractivity contribution in [1.82, 2.24) is 10.3 Å². The van der Waals surface area contributed by atoms with Gasteiger partial charge in [-0.05, 0) is 0 Å². The fourth-order valence-corrected chi connectivity index (χ4v) is 1.25. The number of ether oxygens (including phenoxy) is 1. The number of hydrogen-bond acceptors (Lipinski definition) is 5. The first kappa shape index (κ1) is 9.15. The van der Waals surface area contributed by atoms with Gasteiger partial charge in [0.2, 0.25) is 0 Å². The summed E-state index contributed by atoms with van der Waals surface area (Å²) in [5.74, 6) is -0.259. The maximum atomic E-state index is 10.6. The molecule has 0 aromatic carbocycles. The lowest BCUT2D eigenvalue weighted by molar-refractivity contribution is -0.139. The Balaban J connectivity index is 2.15. The van der Waals surface area contributed by atoms with E-state index < -0.39 is 0 Å². The maximum Gasteiger partial charge on any atom is 0.319 e. The van der Waals surface area contributed by atoms with E-state index in [1.54, 1.807) is 5.51 Å². The molecular formula is C7H10N2O2S. The second-order valence-corrected chi connectivity index (χ2v) is 2.88. The average Bonchev–Trinajstić information content (AvgIpc) is 2.57. The number of nitrogens with zero attached hydrogens (tertiary/aromatic N) is 1. The van der Waals surface area contributed by atoms with E-state index in [2.05, 4.69) is 15.0 Å². The number of carbonyl (C=O) groups is 1. The minimum atomic E-state index is -0.259. The molecule has 0 aliphatic heterocycles. The second-order valence-electron chi connectivity index (χ2n) is 2.16. The third-order valence-corrected chi connectivity index (χ3v) is 1.92. The highest BCUT2D eigenvalue weighted by molar-refractivity contribution is 7.07. The van der Waals surface area contributed by atoms with Crippen molar-refractivity contribution >= 4 is 17.3 Å². The van der Waals surface area contributed by atoms with Crippen LogP contribution in [0.15, 0.2) is 10.9 Å². The van der Waals surface area contributed by atoms with Crippen molar-refractivity contribution in [1.29, 1.82) is 0 Å². The molecule has 1 N–H and O–H groups in total. The van der Waals surface area contributed by atoms with Crippen LogP contribution >= 0.6 is 11.3 Å². The summed E-state index contributed by atoms with van der Waals surface area (Å²) in [5, 5.41) is 4.84. The molecule has 0 bridgehead atoms. The minimum absolute atomic E-state index is 0.230. The number of aromatic nitrogens is 1. The number of hydrogen-bond donors (Lipinski definition) is 1. The quantitative estimate of drug-likeness (QED) is 0.692. The van der Waals surface area contributed by atoms with E-state index in [1.807, 2.05) is 5.38 Å². The molecule has 0 saturated carbocycles. The smallest absolute Gasteiger partial charge is 0.319 e. The van der Waals surface area contributed by atoms with Gasteiger partial charge in [-0.25, -0.2) is 4.98 Å². The largest absolute Gasteiger partial charge is 0.468 e. The van der Waals surface area contributed by atoms with Gasteiger partial charge < -0.3 is 10.1 Å².